The molecule has 0 heterocycles. The lowest BCUT2D eigenvalue weighted by molar-refractivity contribution is 0.864. The van der Waals surface area contributed by atoms with Gasteiger partial charge in [-0.2, -0.15) is 0 Å². The van der Waals surface area contributed by atoms with Crippen LogP contribution in [0.15, 0.2) is 30.0 Å². The highest BCUT2D eigenvalue weighted by Crippen LogP contribution is 2.08. The van der Waals surface area contributed by atoms with Crippen LogP contribution >= 0.6 is 0 Å². The van der Waals surface area contributed by atoms with Gasteiger partial charge < -0.3 is 0 Å². The molecule has 1 atom stereocenters. The molecular formula is C9H14. The molecule has 0 aromatic carbocycles. The van der Waals surface area contributed by atoms with E-state index >= 15 is 0 Å². The standard InChI is InChI=1S/C9H14/c1-5-7-9(4)8(3)6-2/h5,7,9H,2H2,1,3-4H3. The molecule has 0 N–H and O–H groups in total. The van der Waals surface area contributed by atoms with Crippen LogP contribution in [0.4, 0.5) is 0 Å². The molecule has 9 heavy (non-hydrogen) atoms. The van der Waals surface area contributed by atoms with E-state index < -0.39 is 0 Å². The van der Waals surface area contributed by atoms with Gasteiger partial charge in [-0.25, -0.2) is 0 Å². The third kappa shape index (κ3) is 2.94. The Morgan fingerprint density at radius 3 is 2.56 bits per heavy atom. The van der Waals surface area contributed by atoms with Gasteiger partial charge in [0.15, 0.2) is 0 Å². The van der Waals surface area contributed by atoms with E-state index in [9.17, 15) is 0 Å². The predicted molar refractivity (Wildman–Crippen MR) is 42.3 cm³/mol. The van der Waals surface area contributed by atoms with E-state index in [0.29, 0.717) is 5.92 Å². The van der Waals surface area contributed by atoms with E-state index in [1.165, 1.54) is 5.57 Å². The average Bonchev–Trinajstić information content (AvgIpc) is 1.87. The van der Waals surface area contributed by atoms with Crippen LogP contribution in [0, 0.1) is 5.92 Å². The van der Waals surface area contributed by atoms with Crippen molar-refractivity contribution in [2.45, 2.75) is 20.8 Å². The molecule has 1 unspecified atom stereocenters. The number of hydrogen-bond acceptors (Lipinski definition) is 0. The second kappa shape index (κ2) is 4.17. The highest BCUT2D eigenvalue weighted by molar-refractivity contribution is 5.06. The maximum atomic E-state index is 3.57. The van der Waals surface area contributed by atoms with Crippen LogP contribution in [0.2, 0.25) is 0 Å². The molecule has 0 aliphatic rings. The van der Waals surface area contributed by atoms with Gasteiger partial charge in [0, 0.05) is 5.92 Å². The fourth-order valence-electron chi connectivity index (χ4n) is 0.594. The second-order valence-electron chi connectivity index (χ2n) is 2.17. The summed E-state index contributed by atoms with van der Waals surface area (Å²) in [5.41, 5.74) is 4.07. The topological polar surface area (TPSA) is 0 Å². The van der Waals surface area contributed by atoms with Crippen molar-refractivity contribution in [1.29, 1.82) is 0 Å². The zero-order valence-corrected chi connectivity index (χ0v) is 6.44. The van der Waals surface area contributed by atoms with Gasteiger partial charge in [0.05, 0.1) is 0 Å². The third-order valence-electron chi connectivity index (χ3n) is 1.44. The van der Waals surface area contributed by atoms with E-state index in [0.717, 1.165) is 0 Å². The summed E-state index contributed by atoms with van der Waals surface area (Å²) >= 11 is 0. The maximum absolute atomic E-state index is 3.57. The summed E-state index contributed by atoms with van der Waals surface area (Å²) in [6.07, 6.45) is 4.18. The van der Waals surface area contributed by atoms with Crippen molar-refractivity contribution in [3.05, 3.63) is 30.0 Å². The van der Waals surface area contributed by atoms with E-state index in [-0.39, 0.29) is 0 Å². The zero-order chi connectivity index (χ0) is 7.28. The van der Waals surface area contributed by atoms with Crippen LogP contribution < -0.4 is 0 Å². The number of hydrogen-bond donors (Lipinski definition) is 0. The summed E-state index contributed by atoms with van der Waals surface area (Å²) in [5, 5.41) is 0. The summed E-state index contributed by atoms with van der Waals surface area (Å²) < 4.78 is 0. The molecule has 0 fully saturated rings. The minimum Gasteiger partial charge on any atom is -0.129 e. The zero-order valence-electron chi connectivity index (χ0n) is 6.44. The molecule has 0 rings (SSSR count). The van der Waals surface area contributed by atoms with E-state index in [2.05, 4.69) is 25.3 Å². The minimum absolute atomic E-state index is 0.493. The van der Waals surface area contributed by atoms with E-state index in [4.69, 9.17) is 0 Å². The monoisotopic (exact) mass is 122 g/mol. The van der Waals surface area contributed by atoms with Crippen LogP contribution in [-0.2, 0) is 0 Å². The normalized spacial score (nSPS) is 13.2. The first kappa shape index (κ1) is 8.26. The molecule has 0 saturated carbocycles. The van der Waals surface area contributed by atoms with Gasteiger partial charge in [-0.3, -0.25) is 0 Å². The van der Waals surface area contributed by atoms with Gasteiger partial charge >= 0.3 is 0 Å². The van der Waals surface area contributed by atoms with Gasteiger partial charge in [0.2, 0.25) is 0 Å². The Morgan fingerprint density at radius 2 is 2.22 bits per heavy atom. The molecular weight excluding hydrogens is 108 g/mol. The summed E-state index contributed by atoms with van der Waals surface area (Å²) in [6, 6.07) is 0. The predicted octanol–water partition coefficient (Wildman–Crippen LogP) is 2.93. The van der Waals surface area contributed by atoms with Crippen molar-refractivity contribution in [1.82, 2.24) is 0 Å². The summed E-state index contributed by atoms with van der Waals surface area (Å²) in [5.74, 6) is 0.493. The van der Waals surface area contributed by atoms with E-state index in [1.807, 2.05) is 19.9 Å². The Bertz CT molecular complexity index is 145. The molecule has 0 amide bonds. The third-order valence-corrected chi connectivity index (χ3v) is 1.44. The largest absolute Gasteiger partial charge is 0.129 e. The molecule has 0 aliphatic carbocycles. The van der Waals surface area contributed by atoms with E-state index in [1.54, 1.807) is 0 Å². The molecule has 0 spiro atoms. The first-order valence-electron chi connectivity index (χ1n) is 3.21. The van der Waals surface area contributed by atoms with Crippen molar-refractivity contribution in [2.75, 3.05) is 0 Å². The van der Waals surface area contributed by atoms with Crippen molar-refractivity contribution in [3.8, 4) is 0 Å². The van der Waals surface area contributed by atoms with Gasteiger partial charge in [0.1, 0.15) is 0 Å². The quantitative estimate of drug-likeness (QED) is 0.390. The molecule has 0 heteroatoms. The van der Waals surface area contributed by atoms with Crippen molar-refractivity contribution < 1.29 is 0 Å². The minimum atomic E-state index is 0.493. The van der Waals surface area contributed by atoms with Crippen molar-refractivity contribution in [2.24, 2.45) is 5.92 Å². The average molecular weight is 122 g/mol. The fraction of sp³-hybridized carbons (Fsp3) is 0.444. The molecule has 50 valence electrons. The summed E-state index contributed by atoms with van der Waals surface area (Å²) in [4.78, 5) is 0. The molecule has 0 aromatic rings. The van der Waals surface area contributed by atoms with Gasteiger partial charge in [0.25, 0.3) is 0 Å². The maximum Gasteiger partial charge on any atom is 0.00212 e. The van der Waals surface area contributed by atoms with Crippen LogP contribution in [0.1, 0.15) is 20.8 Å². The number of rotatable bonds is 2. The molecule has 0 nitrogen and oxygen atoms in total. The summed E-state index contributed by atoms with van der Waals surface area (Å²) in [7, 11) is 0. The Balaban J connectivity index is 4.04. The molecule has 0 radical (unpaired) electrons. The van der Waals surface area contributed by atoms with Crippen LogP contribution in [0.5, 0.6) is 0 Å². The highest BCUT2D eigenvalue weighted by atomic mass is 14.0. The number of allylic oxidation sites excluding steroid dienone is 3. The van der Waals surface area contributed by atoms with Crippen LogP contribution in [-0.4, -0.2) is 0 Å². The van der Waals surface area contributed by atoms with Gasteiger partial charge in [-0.15, -0.1) is 5.73 Å². The molecule has 0 saturated heterocycles. The van der Waals surface area contributed by atoms with Crippen LogP contribution in [0.25, 0.3) is 0 Å². The lowest BCUT2D eigenvalue weighted by atomic mass is 10.0. The fourth-order valence-corrected chi connectivity index (χ4v) is 0.594. The van der Waals surface area contributed by atoms with Crippen molar-refractivity contribution in [3.63, 3.8) is 0 Å². The SMILES string of the molecule is C=C=C(C)C(C)C=CC. The second-order valence-corrected chi connectivity index (χ2v) is 2.17. The first-order chi connectivity index (χ1) is 4.22. The molecule has 0 bridgehead atoms. The highest BCUT2D eigenvalue weighted by Gasteiger charge is 1.94. The Kier molecular flexibility index (Phi) is 3.83. The van der Waals surface area contributed by atoms with Crippen molar-refractivity contribution >= 4 is 0 Å². The lowest BCUT2D eigenvalue weighted by Crippen LogP contribution is -1.88. The van der Waals surface area contributed by atoms with Gasteiger partial charge in [-0.1, -0.05) is 25.7 Å². The Morgan fingerprint density at radius 1 is 1.67 bits per heavy atom. The molecule has 0 aromatic heterocycles. The Hall–Kier alpha value is -0.740. The summed E-state index contributed by atoms with van der Waals surface area (Å²) in [6.45, 7) is 9.76. The van der Waals surface area contributed by atoms with Gasteiger partial charge in [-0.05, 0) is 19.4 Å². The van der Waals surface area contributed by atoms with Crippen LogP contribution in [0.3, 0.4) is 0 Å². The lowest BCUT2D eigenvalue weighted by Gasteiger charge is -2.01. The smallest absolute Gasteiger partial charge is 0.00212 e. The Labute approximate surface area is 57.6 Å². The first-order valence-corrected chi connectivity index (χ1v) is 3.21. The molecule has 0 aliphatic heterocycles.